The average molecular weight is 307 g/mol. The number of carbonyl (C=O) groups is 2. The number of nitrogens with zero attached hydrogens (tertiary/aromatic N) is 3. The molecule has 0 aromatic rings. The molecule has 1 heterocycles. The van der Waals surface area contributed by atoms with Gasteiger partial charge >= 0.3 is 0 Å². The lowest BCUT2D eigenvalue weighted by atomic mass is 9.93. The van der Waals surface area contributed by atoms with Crippen LogP contribution < -0.4 is 0 Å². The number of rotatable bonds is 3. The molecular formula is C16H25N3O3. The van der Waals surface area contributed by atoms with Gasteiger partial charge in [0.2, 0.25) is 5.91 Å². The van der Waals surface area contributed by atoms with Gasteiger partial charge in [0.1, 0.15) is 11.3 Å². The minimum atomic E-state index is -0.881. The first-order valence-electron chi connectivity index (χ1n) is 7.31. The number of nitriles is 1. The highest BCUT2D eigenvalue weighted by Crippen LogP contribution is 2.27. The first kappa shape index (κ1) is 18.0. The number of likely N-dealkylation sites (N-methyl/N-ethyl adjacent to an activating group) is 1. The molecule has 0 saturated carbocycles. The fraction of sp³-hybridized carbons (Fsp3) is 0.688. The maximum absolute atomic E-state index is 12.4. The Morgan fingerprint density at radius 1 is 1.41 bits per heavy atom. The summed E-state index contributed by atoms with van der Waals surface area (Å²) in [5.74, 6) is 0.122. The highest BCUT2D eigenvalue weighted by Gasteiger charge is 2.43. The van der Waals surface area contributed by atoms with Crippen LogP contribution in [-0.4, -0.2) is 53.9 Å². The van der Waals surface area contributed by atoms with E-state index in [0.29, 0.717) is 18.8 Å². The van der Waals surface area contributed by atoms with Crippen LogP contribution in [0, 0.1) is 16.7 Å². The molecule has 6 nitrogen and oxygen atoms in total. The van der Waals surface area contributed by atoms with Crippen LogP contribution in [-0.2, 0) is 14.3 Å². The molecule has 122 valence electrons. The smallest absolute Gasteiger partial charge is 0.261 e. The predicted octanol–water partition coefficient (Wildman–Crippen LogP) is 1.54. The number of ether oxygens (including phenoxy) is 1. The molecule has 1 fully saturated rings. The molecule has 0 N–H and O–H groups in total. The van der Waals surface area contributed by atoms with E-state index < -0.39 is 5.54 Å². The molecule has 1 rings (SSSR count). The quantitative estimate of drug-likeness (QED) is 0.585. The summed E-state index contributed by atoms with van der Waals surface area (Å²) >= 11 is 0. The molecule has 0 atom stereocenters. The summed E-state index contributed by atoms with van der Waals surface area (Å²) in [4.78, 5) is 27.8. The third-order valence-electron chi connectivity index (χ3n) is 3.79. The molecule has 22 heavy (non-hydrogen) atoms. The summed E-state index contributed by atoms with van der Waals surface area (Å²) in [6, 6.07) is 1.93. The van der Waals surface area contributed by atoms with Crippen molar-refractivity contribution < 1.29 is 14.3 Å². The third-order valence-corrected chi connectivity index (χ3v) is 3.79. The van der Waals surface area contributed by atoms with Gasteiger partial charge in [0, 0.05) is 25.6 Å². The average Bonchev–Trinajstić information content (AvgIpc) is 2.39. The van der Waals surface area contributed by atoms with Crippen molar-refractivity contribution in [1.29, 1.82) is 5.26 Å². The first-order valence-corrected chi connectivity index (χ1v) is 7.31. The van der Waals surface area contributed by atoms with Crippen molar-refractivity contribution in [3.63, 3.8) is 0 Å². The Bertz CT molecular complexity index is 524. The topological polar surface area (TPSA) is 73.6 Å². The maximum atomic E-state index is 12.4. The van der Waals surface area contributed by atoms with Crippen molar-refractivity contribution in [2.45, 2.75) is 40.2 Å². The van der Waals surface area contributed by atoms with E-state index in [1.807, 2.05) is 26.8 Å². The van der Waals surface area contributed by atoms with Crippen molar-refractivity contribution in [2.24, 2.45) is 5.41 Å². The summed E-state index contributed by atoms with van der Waals surface area (Å²) in [5.41, 5.74) is -1.24. The summed E-state index contributed by atoms with van der Waals surface area (Å²) in [6.45, 7) is 10.00. The zero-order valence-electron chi connectivity index (χ0n) is 14.3. The molecule has 1 aliphatic rings. The van der Waals surface area contributed by atoms with Gasteiger partial charge in [-0.3, -0.25) is 9.59 Å². The summed E-state index contributed by atoms with van der Waals surface area (Å²) in [6.07, 6.45) is 1.31. The minimum Gasteiger partial charge on any atom is -0.487 e. The molecule has 0 aliphatic carbocycles. The molecule has 2 amide bonds. The second-order valence-corrected chi connectivity index (χ2v) is 7.01. The standard InChI is InChI=1S/C16H25N3O3/c1-15(2,3)12(7-8-17)22-11-13(20)19-10-9-18(6)14(21)16(19,4)5/h7H,9-11H2,1-6H3/b12-7-. The maximum Gasteiger partial charge on any atom is 0.261 e. The minimum absolute atomic E-state index is 0.0873. The highest BCUT2D eigenvalue weighted by atomic mass is 16.5. The van der Waals surface area contributed by atoms with Crippen LogP contribution in [0.1, 0.15) is 34.6 Å². The van der Waals surface area contributed by atoms with E-state index >= 15 is 0 Å². The second kappa shape index (κ2) is 6.39. The molecular weight excluding hydrogens is 282 g/mol. The van der Waals surface area contributed by atoms with E-state index in [1.54, 1.807) is 30.7 Å². The van der Waals surface area contributed by atoms with E-state index in [2.05, 4.69) is 0 Å². The second-order valence-electron chi connectivity index (χ2n) is 7.01. The van der Waals surface area contributed by atoms with Crippen molar-refractivity contribution in [3.05, 3.63) is 11.8 Å². The SMILES string of the molecule is CN1CCN(C(=O)CO/C(=C\C#N)C(C)(C)C)C(C)(C)C1=O. The lowest BCUT2D eigenvalue weighted by molar-refractivity contribution is -0.159. The summed E-state index contributed by atoms with van der Waals surface area (Å²) < 4.78 is 5.54. The number of amides is 2. The summed E-state index contributed by atoms with van der Waals surface area (Å²) in [7, 11) is 1.73. The van der Waals surface area contributed by atoms with Crippen LogP contribution in [0.2, 0.25) is 0 Å². The van der Waals surface area contributed by atoms with Crippen LogP contribution in [0.4, 0.5) is 0 Å². The molecule has 1 aliphatic heterocycles. The fourth-order valence-corrected chi connectivity index (χ4v) is 2.40. The number of piperazine rings is 1. The zero-order chi connectivity index (χ0) is 17.1. The molecule has 0 aromatic carbocycles. The van der Waals surface area contributed by atoms with Crippen LogP contribution >= 0.6 is 0 Å². The Labute approximate surface area is 132 Å². The molecule has 0 radical (unpaired) electrons. The highest BCUT2D eigenvalue weighted by molar-refractivity contribution is 5.92. The van der Waals surface area contributed by atoms with Crippen LogP contribution in [0.5, 0.6) is 0 Å². The van der Waals surface area contributed by atoms with Gasteiger partial charge in [-0.1, -0.05) is 20.8 Å². The molecule has 0 aromatic heterocycles. The number of allylic oxidation sites excluding steroid dienone is 2. The molecule has 0 bridgehead atoms. The van der Waals surface area contributed by atoms with Crippen molar-refractivity contribution >= 4 is 11.8 Å². The van der Waals surface area contributed by atoms with Gasteiger partial charge < -0.3 is 14.5 Å². The van der Waals surface area contributed by atoms with Crippen molar-refractivity contribution in [3.8, 4) is 6.07 Å². The number of hydrogen-bond acceptors (Lipinski definition) is 4. The normalized spacial score (nSPS) is 19.0. The van der Waals surface area contributed by atoms with Gasteiger partial charge in [0.05, 0.1) is 12.1 Å². The molecule has 0 unspecified atom stereocenters. The molecule has 1 saturated heterocycles. The Morgan fingerprint density at radius 3 is 2.50 bits per heavy atom. The third kappa shape index (κ3) is 3.79. The van der Waals surface area contributed by atoms with Gasteiger partial charge in [-0.15, -0.1) is 0 Å². The van der Waals surface area contributed by atoms with E-state index in [1.165, 1.54) is 6.08 Å². The van der Waals surface area contributed by atoms with E-state index in [-0.39, 0.29) is 23.8 Å². The number of hydrogen-bond donors (Lipinski definition) is 0. The summed E-state index contributed by atoms with van der Waals surface area (Å²) in [5, 5.41) is 8.81. The molecule has 0 spiro atoms. The number of carbonyl (C=O) groups excluding carboxylic acids is 2. The first-order chi connectivity index (χ1) is 10.0. The molecule has 6 heteroatoms. The van der Waals surface area contributed by atoms with Crippen molar-refractivity contribution in [1.82, 2.24) is 9.80 Å². The lowest BCUT2D eigenvalue weighted by Gasteiger charge is -2.44. The van der Waals surface area contributed by atoms with Crippen molar-refractivity contribution in [2.75, 3.05) is 26.7 Å². The van der Waals surface area contributed by atoms with E-state index in [4.69, 9.17) is 10.00 Å². The van der Waals surface area contributed by atoms with Gasteiger partial charge in [0.15, 0.2) is 6.61 Å². The van der Waals surface area contributed by atoms with Crippen LogP contribution in [0.3, 0.4) is 0 Å². The Hall–Kier alpha value is -2.03. The van der Waals surface area contributed by atoms with Gasteiger partial charge in [-0.25, -0.2) is 0 Å². The van der Waals surface area contributed by atoms with E-state index in [9.17, 15) is 9.59 Å². The zero-order valence-corrected chi connectivity index (χ0v) is 14.3. The van der Waals surface area contributed by atoms with Gasteiger partial charge in [-0.2, -0.15) is 5.26 Å². The monoisotopic (exact) mass is 307 g/mol. The fourth-order valence-electron chi connectivity index (χ4n) is 2.40. The predicted molar refractivity (Wildman–Crippen MR) is 82.5 cm³/mol. The van der Waals surface area contributed by atoms with Crippen LogP contribution in [0.15, 0.2) is 11.8 Å². The van der Waals surface area contributed by atoms with E-state index in [0.717, 1.165) is 0 Å². The van der Waals surface area contributed by atoms with Crippen LogP contribution in [0.25, 0.3) is 0 Å². The van der Waals surface area contributed by atoms with Gasteiger partial charge in [-0.05, 0) is 13.8 Å². The Kier molecular flexibility index (Phi) is 5.23. The Morgan fingerprint density at radius 2 is 2.00 bits per heavy atom. The Balaban J connectivity index is 2.80. The largest absolute Gasteiger partial charge is 0.487 e. The van der Waals surface area contributed by atoms with Gasteiger partial charge in [0.25, 0.3) is 5.91 Å². The lowest BCUT2D eigenvalue weighted by Crippen LogP contribution is -2.64.